The summed E-state index contributed by atoms with van der Waals surface area (Å²) in [5.41, 5.74) is 5.91. The van der Waals surface area contributed by atoms with Gasteiger partial charge in [-0.15, -0.1) is 12.3 Å². The highest BCUT2D eigenvalue weighted by molar-refractivity contribution is 6.11. The second kappa shape index (κ2) is 11.4. The molecule has 3 rings (SSSR count). The summed E-state index contributed by atoms with van der Waals surface area (Å²) >= 11 is 0. The Morgan fingerprint density at radius 3 is 2.48 bits per heavy atom. The Kier molecular flexibility index (Phi) is 8.65. The monoisotopic (exact) mass is 416 g/mol. The van der Waals surface area contributed by atoms with Crippen LogP contribution in [0, 0.1) is 18.3 Å². The van der Waals surface area contributed by atoms with E-state index >= 15 is 0 Å². The number of terminal acetylenes is 1. The first-order valence-electron chi connectivity index (χ1n) is 10.2. The number of nitrogens with zero attached hydrogens (tertiary/aromatic N) is 1. The fourth-order valence-corrected chi connectivity index (χ4v) is 2.98. The van der Waals surface area contributed by atoms with Gasteiger partial charge in [0.25, 0.3) is 5.91 Å². The number of anilines is 1. The fraction of sp³-hybridized carbons (Fsp3) is 0.231. The summed E-state index contributed by atoms with van der Waals surface area (Å²) in [6.07, 6.45) is 12.7. The summed E-state index contributed by atoms with van der Waals surface area (Å²) in [4.78, 5) is 22.1. The number of aromatic hydroxyl groups is 1. The first-order valence-corrected chi connectivity index (χ1v) is 10.2. The summed E-state index contributed by atoms with van der Waals surface area (Å²) in [7, 11) is 0. The van der Waals surface area contributed by atoms with Gasteiger partial charge in [0.15, 0.2) is 0 Å². The third kappa shape index (κ3) is 6.35. The molecule has 2 aromatic carbocycles. The van der Waals surface area contributed by atoms with Crippen LogP contribution in [0.15, 0.2) is 55.1 Å². The van der Waals surface area contributed by atoms with Crippen LogP contribution in [0.4, 0.5) is 5.69 Å². The van der Waals surface area contributed by atoms with E-state index in [-0.39, 0.29) is 24.0 Å². The molecule has 0 saturated carbocycles. The number of hydrogen-bond donors (Lipinski definition) is 2. The Morgan fingerprint density at radius 1 is 1.23 bits per heavy atom. The lowest BCUT2D eigenvalue weighted by molar-refractivity contribution is -0.122. The molecule has 2 amide bonds. The number of nitrogens with one attached hydrogen (secondary N) is 1. The Hall–Kier alpha value is -3.78. The zero-order valence-corrected chi connectivity index (χ0v) is 18.0. The van der Waals surface area contributed by atoms with Gasteiger partial charge >= 0.3 is 0 Å². The summed E-state index contributed by atoms with van der Waals surface area (Å²) in [6, 6.07) is 12.6. The molecule has 0 aliphatic carbocycles. The third-order valence-electron chi connectivity index (χ3n) is 4.90. The van der Waals surface area contributed by atoms with Crippen molar-refractivity contribution < 1.29 is 14.7 Å². The number of allylic oxidation sites excluding steroid dienone is 1. The molecule has 2 aromatic rings. The number of carbonyl (C=O) groups excluding carboxylic acids is 2. The van der Waals surface area contributed by atoms with Crippen molar-refractivity contribution in [2.75, 3.05) is 5.01 Å². The highest BCUT2D eigenvalue weighted by Crippen LogP contribution is 2.28. The van der Waals surface area contributed by atoms with Gasteiger partial charge in [0.05, 0.1) is 5.69 Å². The number of para-hydroxylation sites is 1. The Labute approximate surface area is 184 Å². The maximum atomic E-state index is 11.2. The number of amides is 2. The molecule has 1 fully saturated rings. The van der Waals surface area contributed by atoms with Gasteiger partial charge in [-0.2, -0.15) is 0 Å². The van der Waals surface area contributed by atoms with Crippen LogP contribution in [0.25, 0.3) is 12.2 Å². The van der Waals surface area contributed by atoms with Crippen molar-refractivity contribution in [1.82, 2.24) is 5.43 Å². The molecule has 1 aliphatic heterocycles. The van der Waals surface area contributed by atoms with Gasteiger partial charge in [0.2, 0.25) is 5.91 Å². The van der Waals surface area contributed by atoms with Crippen LogP contribution in [-0.2, 0) is 16.0 Å². The first kappa shape index (κ1) is 23.5. The van der Waals surface area contributed by atoms with E-state index in [2.05, 4.69) is 37.8 Å². The van der Waals surface area contributed by atoms with Crippen LogP contribution in [0.2, 0.25) is 0 Å². The van der Waals surface area contributed by atoms with E-state index in [1.54, 1.807) is 24.3 Å². The zero-order valence-electron chi connectivity index (χ0n) is 18.0. The number of carbonyl (C=O) groups is 2. The van der Waals surface area contributed by atoms with E-state index < -0.39 is 0 Å². The fourth-order valence-electron chi connectivity index (χ4n) is 2.98. The maximum absolute atomic E-state index is 11.2. The number of benzene rings is 2. The van der Waals surface area contributed by atoms with Gasteiger partial charge in [0, 0.05) is 12.0 Å². The van der Waals surface area contributed by atoms with Crippen molar-refractivity contribution in [2.45, 2.75) is 33.1 Å². The molecule has 1 atom stereocenters. The van der Waals surface area contributed by atoms with Crippen molar-refractivity contribution in [3.05, 3.63) is 71.8 Å². The Bertz CT molecular complexity index is 1000. The second-order valence-electron chi connectivity index (χ2n) is 7.18. The highest BCUT2D eigenvalue weighted by atomic mass is 16.3. The van der Waals surface area contributed by atoms with Gasteiger partial charge in [0.1, 0.15) is 12.2 Å². The average molecular weight is 417 g/mol. The van der Waals surface area contributed by atoms with Crippen molar-refractivity contribution in [3.63, 3.8) is 0 Å². The SMILES string of the molecule is C#CCc1ccc(O)c(/C=C\C(C)CC)c1C=C.O=C1CC(=O)N(c2ccccc2)N1. The molecule has 5 nitrogen and oxygen atoms in total. The molecule has 1 heterocycles. The van der Waals surface area contributed by atoms with Crippen LogP contribution in [-0.4, -0.2) is 16.9 Å². The minimum atomic E-state index is -0.256. The molecule has 31 heavy (non-hydrogen) atoms. The molecular formula is C26H28N2O3. The van der Waals surface area contributed by atoms with E-state index in [9.17, 15) is 14.7 Å². The third-order valence-corrected chi connectivity index (χ3v) is 4.90. The predicted octanol–water partition coefficient (Wildman–Crippen LogP) is 4.72. The van der Waals surface area contributed by atoms with Crippen LogP contribution in [0.5, 0.6) is 5.75 Å². The van der Waals surface area contributed by atoms with E-state index in [4.69, 9.17) is 6.42 Å². The second-order valence-corrected chi connectivity index (χ2v) is 7.18. The maximum Gasteiger partial charge on any atom is 0.255 e. The van der Waals surface area contributed by atoms with Crippen LogP contribution < -0.4 is 10.4 Å². The van der Waals surface area contributed by atoms with E-state index in [1.165, 1.54) is 5.01 Å². The molecule has 0 radical (unpaired) electrons. The molecule has 5 heteroatoms. The van der Waals surface area contributed by atoms with E-state index in [0.717, 1.165) is 23.1 Å². The van der Waals surface area contributed by atoms with E-state index in [1.807, 2.05) is 30.3 Å². The molecule has 160 valence electrons. The number of hydrazine groups is 1. The van der Waals surface area contributed by atoms with Crippen LogP contribution in [0.1, 0.15) is 43.4 Å². The van der Waals surface area contributed by atoms with Crippen molar-refractivity contribution in [2.24, 2.45) is 5.92 Å². The zero-order chi connectivity index (χ0) is 22.8. The van der Waals surface area contributed by atoms with Gasteiger partial charge in [-0.05, 0) is 35.2 Å². The number of phenols is 1. The van der Waals surface area contributed by atoms with E-state index in [0.29, 0.717) is 18.0 Å². The van der Waals surface area contributed by atoms with Crippen molar-refractivity contribution in [3.8, 4) is 18.1 Å². The minimum absolute atomic E-state index is 0.0606. The van der Waals surface area contributed by atoms with Gasteiger partial charge in [-0.3, -0.25) is 15.0 Å². The van der Waals surface area contributed by atoms with Gasteiger partial charge in [-0.1, -0.05) is 69.3 Å². The van der Waals surface area contributed by atoms with Gasteiger partial charge < -0.3 is 5.11 Å². The summed E-state index contributed by atoms with van der Waals surface area (Å²) in [5, 5.41) is 11.2. The smallest absolute Gasteiger partial charge is 0.255 e. The Balaban J connectivity index is 0.000000231. The summed E-state index contributed by atoms with van der Waals surface area (Å²) < 4.78 is 0. The minimum Gasteiger partial charge on any atom is -0.507 e. The molecule has 0 bridgehead atoms. The molecule has 1 saturated heterocycles. The largest absolute Gasteiger partial charge is 0.507 e. The van der Waals surface area contributed by atoms with Crippen LogP contribution in [0.3, 0.4) is 0 Å². The number of phenolic OH excluding ortho intramolecular Hbond substituents is 1. The molecule has 0 spiro atoms. The molecular weight excluding hydrogens is 388 g/mol. The Morgan fingerprint density at radius 2 is 1.94 bits per heavy atom. The summed E-state index contributed by atoms with van der Waals surface area (Å²) in [5.74, 6) is 2.91. The lowest BCUT2D eigenvalue weighted by Gasteiger charge is -2.14. The lowest BCUT2D eigenvalue weighted by atomic mass is 9.96. The highest BCUT2D eigenvalue weighted by Gasteiger charge is 2.27. The topological polar surface area (TPSA) is 69.6 Å². The quantitative estimate of drug-likeness (QED) is 0.529. The molecule has 1 unspecified atom stereocenters. The predicted molar refractivity (Wildman–Crippen MR) is 126 cm³/mol. The summed E-state index contributed by atoms with van der Waals surface area (Å²) in [6.45, 7) is 8.09. The van der Waals surface area contributed by atoms with Crippen molar-refractivity contribution in [1.29, 1.82) is 0 Å². The number of rotatable bonds is 6. The molecule has 0 aromatic heterocycles. The molecule has 1 aliphatic rings. The molecule has 2 N–H and O–H groups in total. The number of hydrogen-bond acceptors (Lipinski definition) is 3. The van der Waals surface area contributed by atoms with Crippen molar-refractivity contribution >= 4 is 29.7 Å². The van der Waals surface area contributed by atoms with Gasteiger partial charge in [-0.25, -0.2) is 5.01 Å². The lowest BCUT2D eigenvalue weighted by Crippen LogP contribution is -2.35. The van der Waals surface area contributed by atoms with Crippen LogP contribution >= 0.6 is 0 Å². The normalized spacial score (nSPS) is 13.9. The first-order chi connectivity index (χ1) is 14.9. The average Bonchev–Trinajstić information content (AvgIpc) is 3.12. The standard InChI is InChI=1S/C17H20O.C9H8N2O2/c1-5-8-14-10-12-17(18)16(15(14)7-3)11-9-13(4)6-2;12-8-6-9(13)11(10-8)7-4-2-1-3-5-7/h1,7,9-13,18H,3,6,8H2,2,4H3;1-5H,6H2,(H,10,12)/b11-9-;.